The first-order valence-electron chi connectivity index (χ1n) is 5.41. The van der Waals surface area contributed by atoms with Crippen molar-refractivity contribution in [3.05, 3.63) is 35.4 Å². The highest BCUT2D eigenvalue weighted by molar-refractivity contribution is 6.01. The highest BCUT2D eigenvalue weighted by Crippen LogP contribution is 2.19. The molecule has 4 heteroatoms. The van der Waals surface area contributed by atoms with E-state index in [1.807, 2.05) is 6.07 Å². The van der Waals surface area contributed by atoms with Crippen molar-refractivity contribution < 1.29 is 9.90 Å². The second kappa shape index (κ2) is 4.71. The maximum absolute atomic E-state index is 11.6. The predicted molar refractivity (Wildman–Crippen MR) is 62.9 cm³/mol. The minimum absolute atomic E-state index is 0.0857. The fourth-order valence-electron chi connectivity index (χ4n) is 1.38. The number of amides is 1. The van der Waals surface area contributed by atoms with E-state index in [4.69, 9.17) is 10.4 Å². The molecule has 0 radical (unpaired) electrons. The Morgan fingerprint density at radius 3 is 2.59 bits per heavy atom. The molecule has 0 spiro atoms. The van der Waals surface area contributed by atoms with Crippen LogP contribution >= 0.6 is 0 Å². The maximum atomic E-state index is 11.6. The molecule has 1 fully saturated rings. The summed E-state index contributed by atoms with van der Waals surface area (Å²) in [4.78, 5) is 11.6. The van der Waals surface area contributed by atoms with Gasteiger partial charge in [0.15, 0.2) is 0 Å². The molecule has 1 saturated carbocycles. The van der Waals surface area contributed by atoms with E-state index < -0.39 is 0 Å². The molecule has 0 heterocycles. The van der Waals surface area contributed by atoms with E-state index in [-0.39, 0.29) is 23.3 Å². The first kappa shape index (κ1) is 11.2. The number of phenols is 1. The third-order valence-corrected chi connectivity index (χ3v) is 2.48. The lowest BCUT2D eigenvalue weighted by molar-refractivity contribution is -0.117. The SMILES string of the molecule is N#C/C(=C\c1ccc(O)cc1)C(=O)NC1CC1. The molecule has 17 heavy (non-hydrogen) atoms. The van der Waals surface area contributed by atoms with Crippen LogP contribution in [-0.2, 0) is 4.79 Å². The Kier molecular flexibility index (Phi) is 3.10. The van der Waals surface area contributed by atoms with E-state index in [0.717, 1.165) is 12.8 Å². The number of nitriles is 1. The minimum atomic E-state index is -0.330. The van der Waals surface area contributed by atoms with Gasteiger partial charge in [0.05, 0.1) is 0 Å². The van der Waals surface area contributed by atoms with Gasteiger partial charge in [-0.3, -0.25) is 4.79 Å². The summed E-state index contributed by atoms with van der Waals surface area (Å²) in [6.45, 7) is 0. The van der Waals surface area contributed by atoms with E-state index in [2.05, 4.69) is 5.32 Å². The maximum Gasteiger partial charge on any atom is 0.262 e. The van der Waals surface area contributed by atoms with Gasteiger partial charge in [-0.25, -0.2) is 0 Å². The zero-order chi connectivity index (χ0) is 12.3. The van der Waals surface area contributed by atoms with E-state index in [1.165, 1.54) is 18.2 Å². The Balaban J connectivity index is 2.13. The molecule has 4 nitrogen and oxygen atoms in total. The van der Waals surface area contributed by atoms with Gasteiger partial charge in [0, 0.05) is 6.04 Å². The molecule has 0 atom stereocenters. The van der Waals surface area contributed by atoms with Gasteiger partial charge in [0.25, 0.3) is 5.91 Å². The highest BCUT2D eigenvalue weighted by atomic mass is 16.3. The molecule has 0 bridgehead atoms. The molecule has 86 valence electrons. The van der Waals surface area contributed by atoms with Crippen LogP contribution in [0.1, 0.15) is 18.4 Å². The summed E-state index contributed by atoms with van der Waals surface area (Å²) in [5.74, 6) is -0.175. The van der Waals surface area contributed by atoms with Crippen molar-refractivity contribution in [1.29, 1.82) is 5.26 Å². The minimum Gasteiger partial charge on any atom is -0.508 e. The Hall–Kier alpha value is -2.28. The molecule has 1 aromatic rings. The van der Waals surface area contributed by atoms with Crippen LogP contribution in [0.2, 0.25) is 0 Å². The first-order chi connectivity index (χ1) is 8.19. The summed E-state index contributed by atoms with van der Waals surface area (Å²) in [6, 6.07) is 8.45. The average molecular weight is 228 g/mol. The van der Waals surface area contributed by atoms with E-state index in [1.54, 1.807) is 12.1 Å². The monoisotopic (exact) mass is 228 g/mol. The number of carbonyl (C=O) groups is 1. The molecule has 1 aliphatic carbocycles. The van der Waals surface area contributed by atoms with E-state index in [9.17, 15) is 4.79 Å². The number of phenolic OH excluding ortho intramolecular Hbond substituents is 1. The van der Waals surface area contributed by atoms with Gasteiger partial charge in [0.1, 0.15) is 17.4 Å². The van der Waals surface area contributed by atoms with Crippen molar-refractivity contribution in [3.63, 3.8) is 0 Å². The molecule has 2 N–H and O–H groups in total. The summed E-state index contributed by atoms with van der Waals surface area (Å²) in [6.07, 6.45) is 3.49. The molecule has 1 amide bonds. The molecular weight excluding hydrogens is 216 g/mol. The second-order valence-corrected chi connectivity index (χ2v) is 4.01. The number of nitrogens with one attached hydrogen (secondary N) is 1. The molecule has 0 aromatic heterocycles. The van der Waals surface area contributed by atoms with Gasteiger partial charge in [0.2, 0.25) is 0 Å². The summed E-state index contributed by atoms with van der Waals surface area (Å²) in [5.41, 5.74) is 0.799. The van der Waals surface area contributed by atoms with Crippen LogP contribution in [0.5, 0.6) is 5.75 Å². The number of hydrogen-bond acceptors (Lipinski definition) is 3. The lowest BCUT2D eigenvalue weighted by Gasteiger charge is -2.01. The van der Waals surface area contributed by atoms with Gasteiger partial charge in [-0.1, -0.05) is 12.1 Å². The van der Waals surface area contributed by atoms with Crippen molar-refractivity contribution in [1.82, 2.24) is 5.32 Å². The molecule has 2 rings (SSSR count). The van der Waals surface area contributed by atoms with E-state index in [0.29, 0.717) is 5.56 Å². The number of nitrogens with zero attached hydrogens (tertiary/aromatic N) is 1. The third-order valence-electron chi connectivity index (χ3n) is 2.48. The van der Waals surface area contributed by atoms with Crippen molar-refractivity contribution in [3.8, 4) is 11.8 Å². The van der Waals surface area contributed by atoms with Crippen LogP contribution in [0.25, 0.3) is 6.08 Å². The molecular formula is C13H12N2O2. The fraction of sp³-hybridized carbons (Fsp3) is 0.231. The van der Waals surface area contributed by atoms with Crippen LogP contribution in [0.15, 0.2) is 29.8 Å². The van der Waals surface area contributed by atoms with Crippen LogP contribution in [0, 0.1) is 11.3 Å². The number of benzene rings is 1. The largest absolute Gasteiger partial charge is 0.508 e. The lowest BCUT2D eigenvalue weighted by atomic mass is 10.1. The van der Waals surface area contributed by atoms with Crippen molar-refractivity contribution in [2.75, 3.05) is 0 Å². The summed E-state index contributed by atoms with van der Waals surface area (Å²) in [5, 5.41) is 20.8. The summed E-state index contributed by atoms with van der Waals surface area (Å²) < 4.78 is 0. The normalized spacial score (nSPS) is 15.1. The van der Waals surface area contributed by atoms with E-state index >= 15 is 0 Å². The molecule has 0 aliphatic heterocycles. The summed E-state index contributed by atoms with van der Waals surface area (Å²) >= 11 is 0. The van der Waals surface area contributed by atoms with Crippen molar-refractivity contribution >= 4 is 12.0 Å². The fourth-order valence-corrected chi connectivity index (χ4v) is 1.38. The van der Waals surface area contributed by atoms with Crippen LogP contribution in [0.3, 0.4) is 0 Å². The highest BCUT2D eigenvalue weighted by Gasteiger charge is 2.24. The standard InChI is InChI=1S/C13H12N2O2/c14-8-10(13(17)15-11-3-4-11)7-9-1-5-12(16)6-2-9/h1-2,5-7,11,16H,3-4H2,(H,15,17)/b10-7+. The van der Waals surface area contributed by atoms with Crippen molar-refractivity contribution in [2.24, 2.45) is 0 Å². The van der Waals surface area contributed by atoms with Crippen LogP contribution < -0.4 is 5.32 Å². The van der Waals surface area contributed by atoms with Gasteiger partial charge in [-0.05, 0) is 36.6 Å². The molecule has 0 saturated heterocycles. The zero-order valence-corrected chi connectivity index (χ0v) is 9.18. The smallest absolute Gasteiger partial charge is 0.262 e. The third kappa shape index (κ3) is 3.08. The molecule has 0 unspecified atom stereocenters. The van der Waals surface area contributed by atoms with Gasteiger partial charge in [-0.15, -0.1) is 0 Å². The van der Waals surface area contributed by atoms with Crippen LogP contribution in [0.4, 0.5) is 0 Å². The number of carbonyl (C=O) groups excluding carboxylic acids is 1. The van der Waals surface area contributed by atoms with Gasteiger partial charge >= 0.3 is 0 Å². The number of aromatic hydroxyl groups is 1. The first-order valence-corrected chi connectivity index (χ1v) is 5.41. The lowest BCUT2D eigenvalue weighted by Crippen LogP contribution is -2.26. The Morgan fingerprint density at radius 1 is 1.41 bits per heavy atom. The second-order valence-electron chi connectivity index (χ2n) is 4.01. The Bertz CT molecular complexity index is 493. The molecule has 1 aromatic carbocycles. The Labute approximate surface area is 99.2 Å². The Morgan fingerprint density at radius 2 is 2.06 bits per heavy atom. The summed E-state index contributed by atoms with van der Waals surface area (Å²) in [7, 11) is 0. The van der Waals surface area contributed by atoms with Crippen LogP contribution in [-0.4, -0.2) is 17.1 Å². The average Bonchev–Trinajstić information content (AvgIpc) is 3.12. The predicted octanol–water partition coefficient (Wildman–Crippen LogP) is 1.58. The van der Waals surface area contributed by atoms with Gasteiger partial charge in [-0.2, -0.15) is 5.26 Å². The quantitative estimate of drug-likeness (QED) is 0.609. The van der Waals surface area contributed by atoms with Crippen molar-refractivity contribution in [2.45, 2.75) is 18.9 Å². The number of hydrogen-bond donors (Lipinski definition) is 2. The molecule has 1 aliphatic rings. The topological polar surface area (TPSA) is 73.1 Å². The number of rotatable bonds is 3. The zero-order valence-electron chi connectivity index (χ0n) is 9.18. The van der Waals surface area contributed by atoms with Gasteiger partial charge < -0.3 is 10.4 Å².